The standard InChI is InChI=1S/C12H17NO2/c1-14-7-6-13-12-9-15-8-10-4-2-3-5-11(10)12/h2-5,12-13H,6-9H2,1H3. The molecule has 1 unspecified atom stereocenters. The highest BCUT2D eigenvalue weighted by Crippen LogP contribution is 2.23. The minimum atomic E-state index is 0.310. The summed E-state index contributed by atoms with van der Waals surface area (Å²) in [5.41, 5.74) is 2.65. The molecule has 1 aromatic carbocycles. The van der Waals surface area contributed by atoms with Crippen molar-refractivity contribution in [3.05, 3.63) is 35.4 Å². The minimum absolute atomic E-state index is 0.310. The molecule has 1 aliphatic rings. The van der Waals surface area contributed by atoms with Crippen molar-refractivity contribution in [3.8, 4) is 0 Å². The van der Waals surface area contributed by atoms with Gasteiger partial charge in [-0.2, -0.15) is 0 Å². The lowest BCUT2D eigenvalue weighted by molar-refractivity contribution is 0.0791. The van der Waals surface area contributed by atoms with Crippen LogP contribution in [0, 0.1) is 0 Å². The molecule has 0 saturated heterocycles. The molecule has 0 amide bonds. The van der Waals surface area contributed by atoms with Gasteiger partial charge in [-0.1, -0.05) is 24.3 Å². The molecule has 15 heavy (non-hydrogen) atoms. The van der Waals surface area contributed by atoms with E-state index in [1.165, 1.54) is 11.1 Å². The lowest BCUT2D eigenvalue weighted by atomic mass is 9.99. The first kappa shape index (κ1) is 10.6. The normalized spacial score (nSPS) is 19.9. The Kier molecular flexibility index (Phi) is 3.72. The summed E-state index contributed by atoms with van der Waals surface area (Å²) >= 11 is 0. The number of hydrogen-bond acceptors (Lipinski definition) is 3. The van der Waals surface area contributed by atoms with Gasteiger partial charge in [0.15, 0.2) is 0 Å². The molecule has 0 spiro atoms. The van der Waals surface area contributed by atoms with Crippen LogP contribution in [0.4, 0.5) is 0 Å². The van der Waals surface area contributed by atoms with Crippen LogP contribution in [0.1, 0.15) is 17.2 Å². The fraction of sp³-hybridized carbons (Fsp3) is 0.500. The van der Waals surface area contributed by atoms with Crippen LogP contribution >= 0.6 is 0 Å². The highest BCUT2D eigenvalue weighted by molar-refractivity contribution is 5.30. The first-order chi connectivity index (χ1) is 7.42. The lowest BCUT2D eigenvalue weighted by Crippen LogP contribution is -2.31. The van der Waals surface area contributed by atoms with Gasteiger partial charge in [0.25, 0.3) is 0 Å². The number of hydrogen-bond donors (Lipinski definition) is 1. The molecule has 3 nitrogen and oxygen atoms in total. The lowest BCUT2D eigenvalue weighted by Gasteiger charge is -2.26. The van der Waals surface area contributed by atoms with Gasteiger partial charge in [0.05, 0.1) is 25.9 Å². The van der Waals surface area contributed by atoms with E-state index in [0.717, 1.165) is 26.4 Å². The van der Waals surface area contributed by atoms with Gasteiger partial charge in [-0.3, -0.25) is 0 Å². The molecule has 1 N–H and O–H groups in total. The molecular formula is C12H17NO2. The van der Waals surface area contributed by atoms with Crippen molar-refractivity contribution in [2.45, 2.75) is 12.6 Å². The number of benzene rings is 1. The van der Waals surface area contributed by atoms with Gasteiger partial charge in [-0.25, -0.2) is 0 Å². The summed E-state index contributed by atoms with van der Waals surface area (Å²) in [4.78, 5) is 0. The van der Waals surface area contributed by atoms with Gasteiger partial charge in [-0.05, 0) is 11.1 Å². The second kappa shape index (κ2) is 5.26. The molecule has 82 valence electrons. The number of rotatable bonds is 4. The smallest absolute Gasteiger partial charge is 0.0721 e. The van der Waals surface area contributed by atoms with Gasteiger partial charge in [0.1, 0.15) is 0 Å². The first-order valence-electron chi connectivity index (χ1n) is 5.29. The predicted octanol–water partition coefficient (Wildman–Crippen LogP) is 1.49. The van der Waals surface area contributed by atoms with E-state index in [1.807, 2.05) is 0 Å². The zero-order chi connectivity index (χ0) is 10.5. The molecule has 0 aromatic heterocycles. The quantitative estimate of drug-likeness (QED) is 0.759. The fourth-order valence-electron chi connectivity index (χ4n) is 1.89. The van der Waals surface area contributed by atoms with Gasteiger partial charge in [-0.15, -0.1) is 0 Å². The molecule has 0 saturated carbocycles. The Morgan fingerprint density at radius 3 is 3.20 bits per heavy atom. The molecule has 2 rings (SSSR count). The van der Waals surface area contributed by atoms with Crippen molar-refractivity contribution >= 4 is 0 Å². The van der Waals surface area contributed by atoms with E-state index in [9.17, 15) is 0 Å². The Labute approximate surface area is 90.4 Å². The summed E-state index contributed by atoms with van der Waals surface area (Å²) in [6, 6.07) is 8.74. The van der Waals surface area contributed by atoms with E-state index in [4.69, 9.17) is 9.47 Å². The van der Waals surface area contributed by atoms with Gasteiger partial charge in [0.2, 0.25) is 0 Å². The third-order valence-electron chi connectivity index (χ3n) is 2.67. The SMILES string of the molecule is COCCNC1COCc2ccccc21. The third kappa shape index (κ3) is 2.56. The maximum absolute atomic E-state index is 5.54. The molecule has 1 atom stereocenters. The molecule has 1 heterocycles. The average molecular weight is 207 g/mol. The summed E-state index contributed by atoms with van der Waals surface area (Å²) in [5.74, 6) is 0. The molecule has 0 fully saturated rings. The van der Waals surface area contributed by atoms with E-state index in [0.29, 0.717) is 6.04 Å². The van der Waals surface area contributed by atoms with Crippen LogP contribution in [0.2, 0.25) is 0 Å². The first-order valence-corrected chi connectivity index (χ1v) is 5.29. The van der Waals surface area contributed by atoms with E-state index in [2.05, 4.69) is 29.6 Å². The van der Waals surface area contributed by atoms with Gasteiger partial charge < -0.3 is 14.8 Å². The van der Waals surface area contributed by atoms with Crippen LogP contribution in [0.3, 0.4) is 0 Å². The van der Waals surface area contributed by atoms with E-state index in [-0.39, 0.29) is 0 Å². The molecule has 1 aliphatic heterocycles. The monoisotopic (exact) mass is 207 g/mol. The molecule has 0 aliphatic carbocycles. The number of ether oxygens (including phenoxy) is 2. The topological polar surface area (TPSA) is 30.5 Å². The largest absolute Gasteiger partial charge is 0.383 e. The number of nitrogens with one attached hydrogen (secondary N) is 1. The summed E-state index contributed by atoms with van der Waals surface area (Å²) < 4.78 is 10.6. The maximum Gasteiger partial charge on any atom is 0.0721 e. The van der Waals surface area contributed by atoms with Crippen LogP contribution in [0.5, 0.6) is 0 Å². The summed E-state index contributed by atoms with van der Waals surface area (Å²) in [5, 5.41) is 3.43. The van der Waals surface area contributed by atoms with Crippen molar-refractivity contribution in [3.63, 3.8) is 0 Å². The van der Waals surface area contributed by atoms with Crippen LogP contribution < -0.4 is 5.32 Å². The Balaban J connectivity index is 2.02. The van der Waals surface area contributed by atoms with Gasteiger partial charge >= 0.3 is 0 Å². The molecule has 0 bridgehead atoms. The molecule has 0 radical (unpaired) electrons. The molecular weight excluding hydrogens is 190 g/mol. The minimum Gasteiger partial charge on any atom is -0.383 e. The van der Waals surface area contributed by atoms with Crippen molar-refractivity contribution in [2.75, 3.05) is 26.9 Å². The van der Waals surface area contributed by atoms with Crippen molar-refractivity contribution < 1.29 is 9.47 Å². The van der Waals surface area contributed by atoms with Crippen molar-refractivity contribution in [2.24, 2.45) is 0 Å². The van der Waals surface area contributed by atoms with E-state index in [1.54, 1.807) is 7.11 Å². The molecule has 1 aromatic rings. The Hall–Kier alpha value is -0.900. The second-order valence-electron chi connectivity index (χ2n) is 3.71. The summed E-state index contributed by atoms with van der Waals surface area (Å²) in [7, 11) is 1.72. The Bertz CT molecular complexity index is 314. The van der Waals surface area contributed by atoms with Crippen molar-refractivity contribution in [1.82, 2.24) is 5.32 Å². The van der Waals surface area contributed by atoms with Crippen LogP contribution in [0.15, 0.2) is 24.3 Å². The van der Waals surface area contributed by atoms with Crippen molar-refractivity contribution in [1.29, 1.82) is 0 Å². The second-order valence-corrected chi connectivity index (χ2v) is 3.71. The van der Waals surface area contributed by atoms with Gasteiger partial charge in [0, 0.05) is 13.7 Å². The highest BCUT2D eigenvalue weighted by atomic mass is 16.5. The molecule has 3 heteroatoms. The van der Waals surface area contributed by atoms with Crippen LogP contribution in [0.25, 0.3) is 0 Å². The predicted molar refractivity (Wildman–Crippen MR) is 58.7 cm³/mol. The maximum atomic E-state index is 5.54. The summed E-state index contributed by atoms with van der Waals surface area (Å²) in [6.07, 6.45) is 0. The summed E-state index contributed by atoms with van der Waals surface area (Å²) in [6.45, 7) is 3.08. The highest BCUT2D eigenvalue weighted by Gasteiger charge is 2.18. The van der Waals surface area contributed by atoms with E-state index < -0.39 is 0 Å². The fourth-order valence-corrected chi connectivity index (χ4v) is 1.89. The third-order valence-corrected chi connectivity index (χ3v) is 2.67. The van der Waals surface area contributed by atoms with Crippen LogP contribution in [-0.4, -0.2) is 26.9 Å². The van der Waals surface area contributed by atoms with Crippen LogP contribution in [-0.2, 0) is 16.1 Å². The van der Waals surface area contributed by atoms with E-state index >= 15 is 0 Å². The average Bonchev–Trinajstić information content (AvgIpc) is 2.30. The number of fused-ring (bicyclic) bond motifs is 1. The Morgan fingerprint density at radius 1 is 1.47 bits per heavy atom. The Morgan fingerprint density at radius 2 is 2.33 bits per heavy atom. The number of methoxy groups -OCH3 is 1. The zero-order valence-corrected chi connectivity index (χ0v) is 9.03. The zero-order valence-electron chi connectivity index (χ0n) is 9.03.